The topological polar surface area (TPSA) is 55.8 Å². The lowest BCUT2D eigenvalue weighted by molar-refractivity contribution is -0.136. The Bertz CT molecular complexity index is 480. The molecule has 0 radical (unpaired) electrons. The summed E-state index contributed by atoms with van der Waals surface area (Å²) in [6, 6.07) is 7.35. The molecule has 0 aromatic heterocycles. The summed E-state index contributed by atoms with van der Waals surface area (Å²) in [5, 5.41) is 8.83. The Morgan fingerprint density at radius 2 is 1.79 bits per heavy atom. The lowest BCUT2D eigenvalue weighted by Gasteiger charge is -2.32. The highest BCUT2D eigenvalue weighted by Crippen LogP contribution is 2.36. The Kier molecular flexibility index (Phi) is 3.45. The Morgan fingerprint density at radius 1 is 1.21 bits per heavy atom. The van der Waals surface area contributed by atoms with E-state index in [1.807, 2.05) is 45.9 Å². The number of hydrogen-bond acceptors (Lipinski definition) is 3. The molecule has 0 aliphatic carbocycles. The minimum Gasteiger partial charge on any atom is -0.481 e. The van der Waals surface area contributed by atoms with Crippen molar-refractivity contribution in [3.8, 4) is 0 Å². The van der Waals surface area contributed by atoms with E-state index in [0.717, 1.165) is 11.0 Å². The van der Waals surface area contributed by atoms with Crippen LogP contribution in [0.4, 0.5) is 0 Å². The first kappa shape index (κ1) is 14.1. The van der Waals surface area contributed by atoms with Crippen LogP contribution in [0.5, 0.6) is 0 Å². The van der Waals surface area contributed by atoms with Gasteiger partial charge in [0.1, 0.15) is 0 Å². The molecule has 19 heavy (non-hydrogen) atoms. The predicted molar refractivity (Wildman–Crippen MR) is 73.5 cm³/mol. The van der Waals surface area contributed by atoms with E-state index in [1.54, 1.807) is 6.07 Å². The van der Waals surface area contributed by atoms with Crippen molar-refractivity contribution in [2.45, 2.75) is 45.3 Å². The number of carboxylic acid groups (broad SMARTS) is 1. The first-order chi connectivity index (χ1) is 8.71. The van der Waals surface area contributed by atoms with Crippen molar-refractivity contribution in [3.63, 3.8) is 0 Å². The van der Waals surface area contributed by atoms with Gasteiger partial charge in [-0.1, -0.05) is 24.3 Å². The van der Waals surface area contributed by atoms with Crippen LogP contribution in [0.25, 0.3) is 0 Å². The lowest BCUT2D eigenvalue weighted by atomic mass is 9.78. The zero-order valence-corrected chi connectivity index (χ0v) is 11.8. The average Bonchev–Trinajstić information content (AvgIpc) is 2.47. The van der Waals surface area contributed by atoms with Crippen LogP contribution in [0.2, 0.25) is 0 Å². The van der Waals surface area contributed by atoms with Gasteiger partial charge in [-0.05, 0) is 38.7 Å². The molecule has 0 unspecified atom stereocenters. The molecule has 0 saturated carbocycles. The predicted octanol–water partition coefficient (Wildman–Crippen LogP) is 1.61. The van der Waals surface area contributed by atoms with Gasteiger partial charge in [0.05, 0.1) is 17.6 Å². The molecule has 1 N–H and O–H groups in total. The van der Waals surface area contributed by atoms with Crippen molar-refractivity contribution >= 4 is 18.6 Å². The summed E-state index contributed by atoms with van der Waals surface area (Å²) in [5.74, 6) is -0.842. The highest BCUT2D eigenvalue weighted by molar-refractivity contribution is 6.62. The minimum atomic E-state index is -0.842. The molecule has 102 valence electrons. The number of benzene rings is 1. The Labute approximate surface area is 113 Å². The second kappa shape index (κ2) is 4.65. The molecule has 0 atom stereocenters. The van der Waals surface area contributed by atoms with Gasteiger partial charge in [-0.3, -0.25) is 4.79 Å². The largest absolute Gasteiger partial charge is 0.494 e. The molecule has 0 bridgehead atoms. The van der Waals surface area contributed by atoms with Crippen LogP contribution in [0, 0.1) is 0 Å². The van der Waals surface area contributed by atoms with E-state index < -0.39 is 13.1 Å². The third-order valence-corrected chi connectivity index (χ3v) is 3.83. The number of carbonyl (C=O) groups is 1. The molecule has 1 aliphatic heterocycles. The monoisotopic (exact) mass is 262 g/mol. The van der Waals surface area contributed by atoms with Crippen LogP contribution in [0.15, 0.2) is 24.3 Å². The molecule has 4 nitrogen and oxygen atoms in total. The lowest BCUT2D eigenvalue weighted by Crippen LogP contribution is -2.41. The zero-order valence-electron chi connectivity index (χ0n) is 11.8. The van der Waals surface area contributed by atoms with Crippen LogP contribution in [0.3, 0.4) is 0 Å². The smallest absolute Gasteiger partial charge is 0.481 e. The van der Waals surface area contributed by atoms with E-state index in [4.69, 9.17) is 14.4 Å². The van der Waals surface area contributed by atoms with Gasteiger partial charge < -0.3 is 14.4 Å². The van der Waals surface area contributed by atoms with Gasteiger partial charge in [-0.15, -0.1) is 0 Å². The maximum atomic E-state index is 10.7. The van der Waals surface area contributed by atoms with E-state index in [9.17, 15) is 4.79 Å². The molecule has 1 aromatic rings. The molecular formula is C14H19BO4. The second-order valence-corrected chi connectivity index (χ2v) is 5.90. The summed E-state index contributed by atoms with van der Waals surface area (Å²) in [4.78, 5) is 10.7. The van der Waals surface area contributed by atoms with Crippen LogP contribution in [-0.2, 0) is 20.5 Å². The minimum absolute atomic E-state index is 0.00729. The highest BCUT2D eigenvalue weighted by Gasteiger charge is 2.51. The van der Waals surface area contributed by atoms with E-state index in [0.29, 0.717) is 0 Å². The summed E-state index contributed by atoms with van der Waals surface area (Å²) < 4.78 is 11.9. The van der Waals surface area contributed by atoms with E-state index in [2.05, 4.69) is 0 Å². The maximum absolute atomic E-state index is 10.7. The van der Waals surface area contributed by atoms with Gasteiger partial charge in [0, 0.05) is 0 Å². The van der Waals surface area contributed by atoms with Gasteiger partial charge >= 0.3 is 13.1 Å². The van der Waals surface area contributed by atoms with Gasteiger partial charge in [-0.25, -0.2) is 0 Å². The summed E-state index contributed by atoms with van der Waals surface area (Å²) in [6.45, 7) is 7.98. The van der Waals surface area contributed by atoms with Crippen LogP contribution < -0.4 is 5.46 Å². The molecule has 0 spiro atoms. The molecule has 2 rings (SSSR count). The van der Waals surface area contributed by atoms with E-state index in [1.165, 1.54) is 0 Å². The van der Waals surface area contributed by atoms with E-state index in [-0.39, 0.29) is 17.6 Å². The van der Waals surface area contributed by atoms with Gasteiger partial charge in [0.15, 0.2) is 0 Å². The first-order valence-corrected chi connectivity index (χ1v) is 6.37. The zero-order chi connectivity index (χ0) is 14.3. The maximum Gasteiger partial charge on any atom is 0.494 e. The van der Waals surface area contributed by atoms with Crippen molar-refractivity contribution < 1.29 is 19.2 Å². The van der Waals surface area contributed by atoms with Crippen LogP contribution >= 0.6 is 0 Å². The summed E-state index contributed by atoms with van der Waals surface area (Å²) in [6.07, 6.45) is 0.00729. The molecule has 1 heterocycles. The second-order valence-electron chi connectivity index (χ2n) is 5.90. The third kappa shape index (κ3) is 2.82. The normalized spacial score (nSPS) is 20.5. The Hall–Kier alpha value is -1.33. The first-order valence-electron chi connectivity index (χ1n) is 6.37. The SMILES string of the molecule is CC1(C)OB(c2cccc(CC(=O)O)c2)OC1(C)C. The van der Waals surface area contributed by atoms with Crippen molar-refractivity contribution in [2.75, 3.05) is 0 Å². The number of rotatable bonds is 3. The highest BCUT2D eigenvalue weighted by atomic mass is 16.7. The molecule has 5 heteroatoms. The molecule has 1 fully saturated rings. The molecular weight excluding hydrogens is 243 g/mol. The Morgan fingerprint density at radius 3 is 2.32 bits per heavy atom. The number of aliphatic carboxylic acids is 1. The van der Waals surface area contributed by atoms with Gasteiger partial charge in [0.2, 0.25) is 0 Å². The molecule has 1 saturated heterocycles. The molecule has 0 amide bonds. The molecule has 1 aromatic carbocycles. The van der Waals surface area contributed by atoms with E-state index >= 15 is 0 Å². The summed E-state index contributed by atoms with van der Waals surface area (Å²) in [7, 11) is -0.446. The third-order valence-electron chi connectivity index (χ3n) is 3.83. The summed E-state index contributed by atoms with van der Waals surface area (Å²) in [5.41, 5.74) is 0.832. The average molecular weight is 262 g/mol. The van der Waals surface area contributed by atoms with Gasteiger partial charge in [0.25, 0.3) is 0 Å². The van der Waals surface area contributed by atoms with Crippen molar-refractivity contribution in [1.82, 2.24) is 0 Å². The van der Waals surface area contributed by atoms with Crippen molar-refractivity contribution in [2.24, 2.45) is 0 Å². The number of carboxylic acids is 1. The fraction of sp³-hybridized carbons (Fsp3) is 0.500. The van der Waals surface area contributed by atoms with Gasteiger partial charge in [-0.2, -0.15) is 0 Å². The number of hydrogen-bond donors (Lipinski definition) is 1. The standard InChI is InChI=1S/C14H19BO4/c1-13(2)14(3,4)19-15(18-13)11-7-5-6-10(8-11)9-12(16)17/h5-8H,9H2,1-4H3,(H,16,17). The summed E-state index contributed by atoms with van der Waals surface area (Å²) >= 11 is 0. The van der Waals surface area contributed by atoms with Crippen LogP contribution in [0.1, 0.15) is 33.3 Å². The Balaban J connectivity index is 2.22. The fourth-order valence-corrected chi connectivity index (χ4v) is 2.00. The quantitative estimate of drug-likeness (QED) is 0.841. The molecule has 1 aliphatic rings. The fourth-order valence-electron chi connectivity index (χ4n) is 2.00. The van der Waals surface area contributed by atoms with Crippen molar-refractivity contribution in [3.05, 3.63) is 29.8 Å². The van der Waals surface area contributed by atoms with Crippen LogP contribution in [-0.4, -0.2) is 29.4 Å². The van der Waals surface area contributed by atoms with Crippen molar-refractivity contribution in [1.29, 1.82) is 0 Å².